The molecule has 1 aliphatic rings. The van der Waals surface area contributed by atoms with Gasteiger partial charge in [0.15, 0.2) is 0 Å². The van der Waals surface area contributed by atoms with E-state index in [1.807, 2.05) is 48.5 Å². The largest absolute Gasteiger partial charge is 0.347 e. The average molecular weight is 340 g/mol. The number of carbonyl (C=O) groups is 2. The molecular formula is C19H20N2O2S. The van der Waals surface area contributed by atoms with E-state index in [0.29, 0.717) is 11.6 Å². The van der Waals surface area contributed by atoms with E-state index in [0.717, 1.165) is 12.0 Å². The summed E-state index contributed by atoms with van der Waals surface area (Å²) in [5, 5.41) is 3.09. The van der Waals surface area contributed by atoms with Gasteiger partial charge in [0.05, 0.1) is 17.7 Å². The van der Waals surface area contributed by atoms with Crippen LogP contribution in [0.3, 0.4) is 0 Å². The van der Waals surface area contributed by atoms with Crippen molar-refractivity contribution < 1.29 is 9.59 Å². The summed E-state index contributed by atoms with van der Waals surface area (Å²) in [4.78, 5) is 25.7. The summed E-state index contributed by atoms with van der Waals surface area (Å²) in [5.41, 5.74) is 2.23. The molecule has 1 saturated heterocycles. The lowest BCUT2D eigenvalue weighted by Crippen LogP contribution is -2.40. The van der Waals surface area contributed by atoms with Crippen molar-refractivity contribution in [2.45, 2.75) is 12.5 Å². The number of thioether (sulfide) groups is 1. The van der Waals surface area contributed by atoms with Crippen molar-refractivity contribution in [3.63, 3.8) is 0 Å². The van der Waals surface area contributed by atoms with Crippen molar-refractivity contribution in [2.75, 3.05) is 18.2 Å². The molecule has 0 unspecified atom stereocenters. The number of hydrogen-bond donors (Lipinski definition) is 1. The molecule has 24 heavy (non-hydrogen) atoms. The molecule has 0 spiro atoms. The third-order valence-corrected chi connectivity index (χ3v) is 4.92. The molecule has 5 heteroatoms. The van der Waals surface area contributed by atoms with Crippen molar-refractivity contribution in [1.82, 2.24) is 10.2 Å². The van der Waals surface area contributed by atoms with Crippen molar-refractivity contribution >= 4 is 23.6 Å². The summed E-state index contributed by atoms with van der Waals surface area (Å²) in [6, 6.07) is 19.9. The first-order chi connectivity index (χ1) is 11.7. The zero-order chi connectivity index (χ0) is 16.8. The number of rotatable bonds is 6. The average Bonchev–Trinajstić information content (AvgIpc) is 3.01. The summed E-state index contributed by atoms with van der Waals surface area (Å²) in [7, 11) is 0. The third kappa shape index (κ3) is 4.38. The van der Waals surface area contributed by atoms with E-state index in [4.69, 9.17) is 0 Å². The number of nitrogens with zero attached hydrogens (tertiary/aromatic N) is 1. The summed E-state index contributed by atoms with van der Waals surface area (Å²) in [5.74, 6) is 0.991. The minimum Gasteiger partial charge on any atom is -0.347 e. The minimum atomic E-state index is -0.115. The van der Waals surface area contributed by atoms with Crippen molar-refractivity contribution in [3.05, 3.63) is 71.8 Å². The lowest BCUT2D eigenvalue weighted by atomic mass is 9.99. The smallest absolute Gasteiger partial charge is 0.240 e. The Morgan fingerprint density at radius 3 is 2.38 bits per heavy atom. The summed E-state index contributed by atoms with van der Waals surface area (Å²) in [6.45, 7) is 0.129. The molecule has 0 aliphatic carbocycles. The fourth-order valence-electron chi connectivity index (χ4n) is 2.74. The molecule has 2 amide bonds. The van der Waals surface area contributed by atoms with Gasteiger partial charge in [0.1, 0.15) is 6.54 Å². The molecule has 1 atom stereocenters. The maximum absolute atomic E-state index is 12.4. The maximum atomic E-state index is 12.4. The number of hydrogen-bond acceptors (Lipinski definition) is 3. The van der Waals surface area contributed by atoms with Gasteiger partial charge in [0.25, 0.3) is 0 Å². The zero-order valence-electron chi connectivity index (χ0n) is 13.4. The van der Waals surface area contributed by atoms with Gasteiger partial charge in [-0.3, -0.25) is 9.59 Å². The first kappa shape index (κ1) is 16.6. The molecule has 2 aromatic rings. The Hall–Kier alpha value is -2.27. The molecule has 1 aliphatic heterocycles. The van der Waals surface area contributed by atoms with Crippen molar-refractivity contribution in [3.8, 4) is 0 Å². The molecule has 0 radical (unpaired) electrons. The highest BCUT2D eigenvalue weighted by Gasteiger charge is 2.24. The molecule has 1 heterocycles. The van der Waals surface area contributed by atoms with Gasteiger partial charge < -0.3 is 10.2 Å². The van der Waals surface area contributed by atoms with Crippen LogP contribution in [0, 0.1) is 0 Å². The summed E-state index contributed by atoms with van der Waals surface area (Å²) < 4.78 is 0. The Balaban J connectivity index is 1.70. The standard InChI is InChI=1S/C19H20N2O2S/c22-18(12-21-14-24-13-19(21)23)20-17(16-9-5-2-6-10-16)11-15-7-3-1-4-8-15/h1-10,17H,11-14H2,(H,20,22)/t17-/m1/s1. The van der Waals surface area contributed by atoms with Crippen LogP contribution in [0.15, 0.2) is 60.7 Å². The molecular weight excluding hydrogens is 320 g/mol. The van der Waals surface area contributed by atoms with E-state index < -0.39 is 0 Å². The lowest BCUT2D eigenvalue weighted by molar-refractivity contribution is -0.132. The van der Waals surface area contributed by atoms with Crippen LogP contribution in [-0.4, -0.2) is 34.9 Å². The second kappa shape index (κ2) is 8.02. The third-order valence-electron chi connectivity index (χ3n) is 3.98. The number of benzene rings is 2. The quantitative estimate of drug-likeness (QED) is 0.879. The molecule has 0 saturated carbocycles. The zero-order valence-corrected chi connectivity index (χ0v) is 14.2. The normalized spacial score (nSPS) is 15.3. The van der Waals surface area contributed by atoms with Crippen molar-refractivity contribution in [1.29, 1.82) is 0 Å². The van der Waals surface area contributed by atoms with Gasteiger partial charge in [0.2, 0.25) is 11.8 Å². The van der Waals surface area contributed by atoms with E-state index in [1.54, 1.807) is 16.7 Å². The second-order valence-electron chi connectivity index (χ2n) is 5.79. The maximum Gasteiger partial charge on any atom is 0.240 e. The molecule has 1 N–H and O–H groups in total. The van der Waals surface area contributed by atoms with Crippen LogP contribution >= 0.6 is 11.8 Å². The van der Waals surface area contributed by atoms with Gasteiger partial charge in [-0.1, -0.05) is 60.7 Å². The Morgan fingerprint density at radius 2 is 1.75 bits per heavy atom. The van der Waals surface area contributed by atoms with Crippen LogP contribution < -0.4 is 5.32 Å². The molecule has 124 valence electrons. The van der Waals surface area contributed by atoms with E-state index in [2.05, 4.69) is 17.4 Å². The van der Waals surface area contributed by atoms with Gasteiger partial charge in [-0.05, 0) is 17.5 Å². The minimum absolute atomic E-state index is 0.0365. The van der Waals surface area contributed by atoms with Crippen LogP contribution in [0.4, 0.5) is 0 Å². The van der Waals surface area contributed by atoms with Gasteiger partial charge in [0, 0.05) is 0 Å². The van der Waals surface area contributed by atoms with E-state index in [9.17, 15) is 9.59 Å². The van der Waals surface area contributed by atoms with Crippen LogP contribution in [0.1, 0.15) is 17.2 Å². The first-order valence-electron chi connectivity index (χ1n) is 7.96. The van der Waals surface area contributed by atoms with Gasteiger partial charge >= 0.3 is 0 Å². The van der Waals surface area contributed by atoms with E-state index >= 15 is 0 Å². The van der Waals surface area contributed by atoms with Crippen molar-refractivity contribution in [2.24, 2.45) is 0 Å². The van der Waals surface area contributed by atoms with Crippen LogP contribution in [0.2, 0.25) is 0 Å². The molecule has 0 aromatic heterocycles. The van der Waals surface area contributed by atoms with Gasteiger partial charge in [-0.2, -0.15) is 0 Å². The molecule has 0 bridgehead atoms. The molecule has 2 aromatic carbocycles. The fourth-order valence-corrected chi connectivity index (χ4v) is 3.65. The topological polar surface area (TPSA) is 49.4 Å². The fraction of sp³-hybridized carbons (Fsp3) is 0.263. The monoisotopic (exact) mass is 340 g/mol. The summed E-state index contributed by atoms with van der Waals surface area (Å²) in [6.07, 6.45) is 0.722. The Bertz CT molecular complexity index is 691. The van der Waals surface area contributed by atoms with Crippen LogP contribution in [-0.2, 0) is 16.0 Å². The molecule has 1 fully saturated rings. The lowest BCUT2D eigenvalue weighted by Gasteiger charge is -2.21. The van der Waals surface area contributed by atoms with Gasteiger partial charge in [-0.15, -0.1) is 11.8 Å². The highest BCUT2D eigenvalue weighted by atomic mass is 32.2. The van der Waals surface area contributed by atoms with Crippen LogP contribution in [0.25, 0.3) is 0 Å². The Kier molecular flexibility index (Phi) is 5.54. The predicted octanol–water partition coefficient (Wildman–Crippen LogP) is 2.62. The molecule has 4 nitrogen and oxygen atoms in total. The molecule has 3 rings (SSSR count). The summed E-state index contributed by atoms with van der Waals surface area (Å²) >= 11 is 1.55. The highest BCUT2D eigenvalue weighted by Crippen LogP contribution is 2.19. The SMILES string of the molecule is O=C(CN1CSCC1=O)N[C@H](Cc1ccccc1)c1ccccc1. The number of nitrogens with one attached hydrogen (secondary N) is 1. The number of amides is 2. The van der Waals surface area contributed by atoms with Gasteiger partial charge in [-0.25, -0.2) is 0 Å². The predicted molar refractivity (Wildman–Crippen MR) is 96.5 cm³/mol. The second-order valence-corrected chi connectivity index (χ2v) is 6.74. The highest BCUT2D eigenvalue weighted by molar-refractivity contribution is 8.00. The van der Waals surface area contributed by atoms with E-state index in [-0.39, 0.29) is 24.4 Å². The number of carbonyl (C=O) groups excluding carboxylic acids is 2. The Labute approximate surface area is 146 Å². The first-order valence-corrected chi connectivity index (χ1v) is 9.11. The Morgan fingerprint density at radius 1 is 1.08 bits per heavy atom. The van der Waals surface area contributed by atoms with E-state index in [1.165, 1.54) is 5.56 Å². The van der Waals surface area contributed by atoms with Crippen LogP contribution in [0.5, 0.6) is 0 Å².